The molecule has 0 aliphatic carbocycles. The number of rotatable bonds is 12. The highest BCUT2D eigenvalue weighted by Gasteiger charge is 2.32. The lowest BCUT2D eigenvalue weighted by Crippen LogP contribution is -2.46. The Balaban J connectivity index is 1.68. The number of carbonyl (C=O) groups excluding carboxylic acids is 1. The number of esters is 1. The highest BCUT2D eigenvalue weighted by Crippen LogP contribution is 2.46. The van der Waals surface area contributed by atoms with Gasteiger partial charge in [0.25, 0.3) is 0 Å². The van der Waals surface area contributed by atoms with Crippen LogP contribution < -0.4 is 14.4 Å². The number of carbonyl (C=O) groups is 2. The van der Waals surface area contributed by atoms with Crippen LogP contribution in [0, 0.1) is 5.92 Å². The van der Waals surface area contributed by atoms with Crippen molar-refractivity contribution in [3.8, 4) is 16.2 Å². The van der Waals surface area contributed by atoms with Gasteiger partial charge < -0.3 is 19.9 Å². The van der Waals surface area contributed by atoms with Gasteiger partial charge in [-0.1, -0.05) is 67.9 Å². The molecule has 9 nitrogen and oxygen atoms in total. The van der Waals surface area contributed by atoms with Crippen LogP contribution in [0.5, 0.6) is 5.75 Å². The van der Waals surface area contributed by atoms with Gasteiger partial charge in [-0.05, 0) is 55.1 Å². The maximum atomic E-state index is 13.8. The molecule has 1 aliphatic heterocycles. The molecule has 0 spiro atoms. The third kappa shape index (κ3) is 7.79. The van der Waals surface area contributed by atoms with Crippen molar-refractivity contribution in [3.05, 3.63) is 70.1 Å². The Kier molecular flexibility index (Phi) is 10.3. The predicted molar refractivity (Wildman–Crippen MR) is 160 cm³/mol. The van der Waals surface area contributed by atoms with Crippen molar-refractivity contribution < 1.29 is 32.6 Å². The quantitative estimate of drug-likeness (QED) is 0.257. The first-order chi connectivity index (χ1) is 19.6. The summed E-state index contributed by atoms with van der Waals surface area (Å²) in [5.74, 6) is -2.04. The van der Waals surface area contributed by atoms with E-state index in [1.807, 2.05) is 32.0 Å². The van der Waals surface area contributed by atoms with Crippen molar-refractivity contribution in [1.29, 1.82) is 0 Å². The fourth-order valence-corrected chi connectivity index (χ4v) is 7.82. The van der Waals surface area contributed by atoms with Crippen molar-refractivity contribution in [2.75, 3.05) is 30.6 Å². The van der Waals surface area contributed by atoms with Gasteiger partial charge in [-0.2, -0.15) is 0 Å². The molecule has 12 heteroatoms. The average molecular weight is 621 g/mol. The topological polar surface area (TPSA) is 122 Å². The molecule has 0 saturated carbocycles. The summed E-state index contributed by atoms with van der Waals surface area (Å²) >= 11 is 7.52. The van der Waals surface area contributed by atoms with Crippen LogP contribution >= 0.6 is 22.9 Å². The molecule has 0 amide bonds. The molecule has 0 atom stereocenters. The summed E-state index contributed by atoms with van der Waals surface area (Å²) in [6.45, 7) is 4.90. The van der Waals surface area contributed by atoms with Crippen molar-refractivity contribution in [3.63, 3.8) is 0 Å². The molecule has 220 valence electrons. The number of thiophene rings is 1. The molecule has 41 heavy (non-hydrogen) atoms. The number of sulfonamides is 1. The van der Waals surface area contributed by atoms with Crippen LogP contribution in [0.4, 0.5) is 5.69 Å². The number of halogens is 1. The molecule has 1 fully saturated rings. The van der Waals surface area contributed by atoms with Crippen LogP contribution in [0.3, 0.4) is 0 Å². The zero-order chi connectivity index (χ0) is 29.6. The summed E-state index contributed by atoms with van der Waals surface area (Å²) in [7, 11) is -3.78. The van der Waals surface area contributed by atoms with Crippen LogP contribution in [-0.4, -0.2) is 57.8 Å². The van der Waals surface area contributed by atoms with Gasteiger partial charge in [0.1, 0.15) is 5.02 Å². The molecule has 1 aliphatic rings. The van der Waals surface area contributed by atoms with E-state index in [0.29, 0.717) is 47.6 Å². The van der Waals surface area contributed by atoms with Gasteiger partial charge >= 0.3 is 11.9 Å². The van der Waals surface area contributed by atoms with Gasteiger partial charge in [-0.25, -0.2) is 18.0 Å². The highest BCUT2D eigenvalue weighted by molar-refractivity contribution is 7.92. The first-order valence-electron chi connectivity index (χ1n) is 13.3. The predicted octanol–water partition coefficient (Wildman–Crippen LogP) is 5.43. The minimum absolute atomic E-state index is 0.0294. The molecule has 2 N–H and O–H groups in total. The number of hydrogen-bond acceptors (Lipinski definition) is 8. The Morgan fingerprint density at radius 2 is 1.83 bits per heavy atom. The van der Waals surface area contributed by atoms with E-state index in [0.717, 1.165) is 11.3 Å². The Morgan fingerprint density at radius 1 is 1.12 bits per heavy atom. The fourth-order valence-electron chi connectivity index (χ4n) is 4.56. The highest BCUT2D eigenvalue weighted by atomic mass is 35.5. The van der Waals surface area contributed by atoms with E-state index < -0.39 is 28.6 Å². The van der Waals surface area contributed by atoms with Gasteiger partial charge in [0, 0.05) is 6.04 Å². The largest absolute Gasteiger partial charge is 0.479 e. The SMILES string of the molecule is CC(C)COC(=O)COc1c(C(=O)O)sc(-c2cccc(N(C3CCNCC3)S(=O)(=O)Cc3ccccc3)c2)c1Cl. The second kappa shape index (κ2) is 13.7. The summed E-state index contributed by atoms with van der Waals surface area (Å²) in [6, 6.07) is 15.7. The number of hydrogen-bond donors (Lipinski definition) is 2. The van der Waals surface area contributed by atoms with E-state index in [4.69, 9.17) is 21.1 Å². The van der Waals surface area contributed by atoms with Crippen molar-refractivity contribution >= 4 is 50.6 Å². The van der Waals surface area contributed by atoms with Crippen LogP contribution in [0.15, 0.2) is 54.6 Å². The Morgan fingerprint density at radius 3 is 2.49 bits per heavy atom. The summed E-state index contributed by atoms with van der Waals surface area (Å²) in [5, 5.41) is 13.1. The fraction of sp³-hybridized carbons (Fsp3) is 0.379. The first kappa shape index (κ1) is 30.8. The summed E-state index contributed by atoms with van der Waals surface area (Å²) < 4.78 is 39.8. The molecule has 0 bridgehead atoms. The van der Waals surface area contributed by atoms with Crippen LogP contribution in [0.2, 0.25) is 5.02 Å². The molecule has 2 aromatic carbocycles. The molecule has 0 radical (unpaired) electrons. The minimum atomic E-state index is -3.78. The summed E-state index contributed by atoms with van der Waals surface area (Å²) in [4.78, 5) is 24.3. The number of aromatic carboxylic acids is 1. The number of benzene rings is 2. The first-order valence-corrected chi connectivity index (χ1v) is 16.1. The molecule has 3 aromatic rings. The number of nitrogens with one attached hydrogen (secondary N) is 1. The zero-order valence-corrected chi connectivity index (χ0v) is 25.2. The summed E-state index contributed by atoms with van der Waals surface area (Å²) in [5.41, 5.74) is 1.68. The third-order valence-corrected chi connectivity index (χ3v) is 9.90. The van der Waals surface area contributed by atoms with Gasteiger partial charge in [-0.15, -0.1) is 11.3 Å². The molecule has 1 saturated heterocycles. The second-order valence-electron chi connectivity index (χ2n) is 10.1. The number of carboxylic acid groups (broad SMARTS) is 1. The lowest BCUT2D eigenvalue weighted by molar-refractivity contribution is -0.147. The molecular formula is C29H33ClN2O7S2. The number of anilines is 1. The smallest absolute Gasteiger partial charge is 0.349 e. The number of ether oxygens (including phenoxy) is 2. The Bertz CT molecular complexity index is 1470. The molecule has 4 rings (SSSR count). The minimum Gasteiger partial charge on any atom is -0.479 e. The average Bonchev–Trinajstić information content (AvgIpc) is 3.28. The maximum Gasteiger partial charge on any atom is 0.349 e. The van der Waals surface area contributed by atoms with Crippen molar-refractivity contribution in [1.82, 2.24) is 5.32 Å². The molecular weight excluding hydrogens is 588 g/mol. The van der Waals surface area contributed by atoms with Crippen LogP contribution in [0.1, 0.15) is 41.9 Å². The monoisotopic (exact) mass is 620 g/mol. The van der Waals surface area contributed by atoms with E-state index >= 15 is 0 Å². The van der Waals surface area contributed by atoms with Crippen molar-refractivity contribution in [2.45, 2.75) is 38.5 Å². The van der Waals surface area contributed by atoms with Crippen molar-refractivity contribution in [2.24, 2.45) is 5.92 Å². The Labute approximate surface area is 249 Å². The van der Waals surface area contributed by atoms with E-state index in [2.05, 4.69) is 5.32 Å². The molecule has 2 heterocycles. The van der Waals surface area contributed by atoms with E-state index in [1.54, 1.807) is 36.4 Å². The number of nitrogens with zero attached hydrogens (tertiary/aromatic N) is 1. The van der Waals surface area contributed by atoms with Crippen LogP contribution in [0.25, 0.3) is 10.4 Å². The third-order valence-electron chi connectivity index (χ3n) is 6.41. The standard InChI is InChI=1S/C29H33ClN2O7S2/c1-19(2)16-38-24(33)17-39-26-25(30)27(40-28(26)29(34)35)21-9-6-10-23(15-21)32(22-11-13-31-14-12-22)41(36,37)18-20-7-4-3-5-8-20/h3-10,15,19,22,31H,11-14,16-18H2,1-2H3,(H,34,35). The summed E-state index contributed by atoms with van der Waals surface area (Å²) in [6.07, 6.45) is 1.29. The van der Waals surface area contributed by atoms with Gasteiger partial charge in [-0.3, -0.25) is 4.31 Å². The van der Waals surface area contributed by atoms with Gasteiger partial charge in [0.15, 0.2) is 17.2 Å². The normalized spacial score (nSPS) is 14.1. The van der Waals surface area contributed by atoms with E-state index in [-0.39, 0.29) is 40.0 Å². The van der Waals surface area contributed by atoms with Gasteiger partial charge in [0.2, 0.25) is 10.0 Å². The zero-order valence-electron chi connectivity index (χ0n) is 22.8. The lowest BCUT2D eigenvalue weighted by atomic mass is 10.1. The molecule has 0 unspecified atom stereocenters. The Hall–Kier alpha value is -3.12. The maximum absolute atomic E-state index is 13.8. The lowest BCUT2D eigenvalue weighted by Gasteiger charge is -2.35. The number of piperidine rings is 1. The number of carboxylic acids is 1. The van der Waals surface area contributed by atoms with E-state index in [9.17, 15) is 23.1 Å². The second-order valence-corrected chi connectivity index (χ2v) is 13.4. The van der Waals surface area contributed by atoms with Crippen LogP contribution in [-0.2, 0) is 25.3 Å². The molecule has 1 aromatic heterocycles. The van der Waals surface area contributed by atoms with Gasteiger partial charge in [0.05, 0.1) is 22.9 Å². The van der Waals surface area contributed by atoms with E-state index in [1.165, 1.54) is 4.31 Å².